The van der Waals surface area contributed by atoms with Gasteiger partial charge in [-0.1, -0.05) is 11.6 Å². The van der Waals surface area contributed by atoms with Crippen LogP contribution in [0.15, 0.2) is 0 Å². The van der Waals surface area contributed by atoms with Gasteiger partial charge >= 0.3 is 0 Å². The molecule has 0 spiro atoms. The molecule has 1 aromatic heterocycles. The molecule has 0 radical (unpaired) electrons. The van der Waals surface area contributed by atoms with Crippen LogP contribution >= 0.6 is 11.6 Å². The van der Waals surface area contributed by atoms with Crippen molar-refractivity contribution in [2.24, 2.45) is 0 Å². The van der Waals surface area contributed by atoms with Gasteiger partial charge in [0.15, 0.2) is 5.15 Å². The molecule has 0 amide bonds. The zero-order valence-electron chi connectivity index (χ0n) is 8.74. The van der Waals surface area contributed by atoms with Crippen molar-refractivity contribution in [3.63, 3.8) is 0 Å². The number of β-amino-alcohol motifs (C(OH)–C–C–N with tert-alkyl or cyclic N) is 1. The summed E-state index contributed by atoms with van der Waals surface area (Å²) in [6.45, 7) is 4.88. The summed E-state index contributed by atoms with van der Waals surface area (Å²) in [6, 6.07) is 0. The highest BCUT2D eigenvalue weighted by Crippen LogP contribution is 2.24. The molecule has 2 rings (SSSR count). The summed E-state index contributed by atoms with van der Waals surface area (Å²) in [4.78, 5) is 6.14. The van der Waals surface area contributed by atoms with Crippen LogP contribution in [0.1, 0.15) is 19.0 Å². The van der Waals surface area contributed by atoms with E-state index < -0.39 is 5.60 Å². The Morgan fingerprint density at radius 2 is 2.20 bits per heavy atom. The second kappa shape index (κ2) is 3.57. The number of aliphatic hydroxyl groups is 1. The molecule has 0 saturated carbocycles. The highest BCUT2D eigenvalue weighted by molar-refractivity contribution is 6.29. The van der Waals surface area contributed by atoms with Crippen LogP contribution < -0.4 is 4.90 Å². The van der Waals surface area contributed by atoms with Gasteiger partial charge in [0, 0.05) is 13.1 Å². The molecule has 0 aliphatic carbocycles. The average Bonchev–Trinajstić information content (AvgIpc) is 2.51. The topological polar surface area (TPSA) is 62.1 Å². The van der Waals surface area contributed by atoms with E-state index in [9.17, 15) is 5.11 Å². The third-order valence-electron chi connectivity index (χ3n) is 2.53. The second-order valence-electron chi connectivity index (χ2n) is 4.16. The Hall–Kier alpha value is -0.940. The van der Waals surface area contributed by atoms with Gasteiger partial charge in [-0.2, -0.15) is 0 Å². The Labute approximate surface area is 93.1 Å². The summed E-state index contributed by atoms with van der Waals surface area (Å²) in [7, 11) is 0. The Balaban J connectivity index is 2.21. The SMILES string of the molecule is Cc1nc(N2CCC(C)(O)C2)nnc1Cl. The molecule has 1 atom stereocenters. The van der Waals surface area contributed by atoms with Crippen molar-refractivity contribution in [3.8, 4) is 0 Å². The van der Waals surface area contributed by atoms with Gasteiger partial charge in [0.2, 0.25) is 5.95 Å². The first-order valence-electron chi connectivity index (χ1n) is 4.82. The van der Waals surface area contributed by atoms with Gasteiger partial charge in [-0.05, 0) is 20.3 Å². The van der Waals surface area contributed by atoms with E-state index >= 15 is 0 Å². The van der Waals surface area contributed by atoms with Gasteiger partial charge < -0.3 is 10.0 Å². The van der Waals surface area contributed by atoms with Crippen LogP contribution in [0.5, 0.6) is 0 Å². The lowest BCUT2D eigenvalue weighted by Crippen LogP contribution is -2.30. The van der Waals surface area contributed by atoms with Gasteiger partial charge in [-0.25, -0.2) is 4.98 Å². The average molecular weight is 229 g/mol. The van der Waals surface area contributed by atoms with Gasteiger partial charge in [-0.3, -0.25) is 0 Å². The van der Waals surface area contributed by atoms with Gasteiger partial charge in [-0.15, -0.1) is 10.2 Å². The second-order valence-corrected chi connectivity index (χ2v) is 4.51. The van der Waals surface area contributed by atoms with E-state index in [1.807, 2.05) is 11.8 Å². The van der Waals surface area contributed by atoms with E-state index in [1.165, 1.54) is 0 Å². The third kappa shape index (κ3) is 2.18. The summed E-state index contributed by atoms with van der Waals surface area (Å²) in [5.74, 6) is 0.537. The van der Waals surface area contributed by atoms with Crippen LogP contribution in [-0.4, -0.2) is 39.0 Å². The highest BCUT2D eigenvalue weighted by atomic mass is 35.5. The minimum absolute atomic E-state index is 0.324. The summed E-state index contributed by atoms with van der Waals surface area (Å²) >= 11 is 5.74. The molecule has 1 aliphatic heterocycles. The van der Waals surface area contributed by atoms with Crippen LogP contribution in [0.3, 0.4) is 0 Å². The molecule has 1 fully saturated rings. The molecule has 1 unspecified atom stereocenters. The van der Waals surface area contributed by atoms with E-state index in [0.717, 1.165) is 13.0 Å². The quantitative estimate of drug-likeness (QED) is 0.770. The van der Waals surface area contributed by atoms with Crippen LogP contribution in [0.2, 0.25) is 5.15 Å². The molecule has 1 aromatic rings. The number of hydrogen-bond acceptors (Lipinski definition) is 5. The molecule has 0 aromatic carbocycles. The van der Waals surface area contributed by atoms with Crippen molar-refractivity contribution < 1.29 is 5.11 Å². The van der Waals surface area contributed by atoms with Gasteiger partial charge in [0.25, 0.3) is 0 Å². The molecular weight excluding hydrogens is 216 g/mol. The molecule has 1 saturated heterocycles. The minimum atomic E-state index is -0.656. The first kappa shape index (κ1) is 10.6. The summed E-state index contributed by atoms with van der Waals surface area (Å²) in [5.41, 5.74) is 0.00453. The Kier molecular flexibility index (Phi) is 2.52. The summed E-state index contributed by atoms with van der Waals surface area (Å²) in [6.07, 6.45) is 0.720. The smallest absolute Gasteiger partial charge is 0.245 e. The fourth-order valence-electron chi connectivity index (χ4n) is 1.63. The molecule has 1 N–H and O–H groups in total. The van der Waals surface area contributed by atoms with E-state index in [2.05, 4.69) is 15.2 Å². The zero-order valence-corrected chi connectivity index (χ0v) is 9.49. The predicted molar refractivity (Wildman–Crippen MR) is 57.0 cm³/mol. The van der Waals surface area contributed by atoms with E-state index in [0.29, 0.717) is 23.3 Å². The van der Waals surface area contributed by atoms with Crippen LogP contribution in [0.4, 0.5) is 5.95 Å². The first-order valence-corrected chi connectivity index (χ1v) is 5.20. The first-order chi connectivity index (χ1) is 6.98. The lowest BCUT2D eigenvalue weighted by atomic mass is 10.1. The lowest BCUT2D eigenvalue weighted by molar-refractivity contribution is 0.0838. The van der Waals surface area contributed by atoms with Crippen molar-refractivity contribution >= 4 is 17.5 Å². The summed E-state index contributed by atoms with van der Waals surface area (Å²) < 4.78 is 0. The fraction of sp³-hybridized carbons (Fsp3) is 0.667. The van der Waals surface area contributed by atoms with E-state index in [4.69, 9.17) is 11.6 Å². The predicted octanol–water partition coefficient (Wildman–Crippen LogP) is 0.795. The molecule has 82 valence electrons. The van der Waals surface area contributed by atoms with Crippen LogP contribution in [0, 0.1) is 6.92 Å². The zero-order chi connectivity index (χ0) is 11.1. The standard InChI is InChI=1S/C9H13ClN4O/c1-6-7(10)12-13-8(11-6)14-4-3-9(2,15)5-14/h15H,3-5H2,1-2H3. The van der Waals surface area contributed by atoms with Crippen molar-refractivity contribution in [3.05, 3.63) is 10.8 Å². The lowest BCUT2D eigenvalue weighted by Gasteiger charge is -2.18. The number of hydrogen-bond donors (Lipinski definition) is 1. The van der Waals surface area contributed by atoms with Crippen LogP contribution in [-0.2, 0) is 0 Å². The van der Waals surface area contributed by atoms with Crippen molar-refractivity contribution in [2.75, 3.05) is 18.0 Å². The monoisotopic (exact) mass is 228 g/mol. The number of anilines is 1. The maximum absolute atomic E-state index is 9.81. The maximum atomic E-state index is 9.81. The largest absolute Gasteiger partial charge is 0.388 e. The third-order valence-corrected chi connectivity index (χ3v) is 2.88. The molecule has 5 nitrogen and oxygen atoms in total. The Bertz CT molecular complexity index is 382. The minimum Gasteiger partial charge on any atom is -0.388 e. The molecule has 6 heteroatoms. The highest BCUT2D eigenvalue weighted by Gasteiger charge is 2.32. The number of halogens is 1. The number of aryl methyl sites for hydroxylation is 1. The molecule has 1 aliphatic rings. The molecule has 2 heterocycles. The maximum Gasteiger partial charge on any atom is 0.245 e. The summed E-state index contributed by atoms with van der Waals surface area (Å²) in [5, 5.41) is 17.8. The fourth-order valence-corrected chi connectivity index (χ4v) is 1.71. The molecule has 15 heavy (non-hydrogen) atoms. The van der Waals surface area contributed by atoms with Crippen molar-refractivity contribution in [1.29, 1.82) is 0 Å². The van der Waals surface area contributed by atoms with E-state index in [-0.39, 0.29) is 0 Å². The normalized spacial score (nSPS) is 26.0. The number of aromatic nitrogens is 3. The van der Waals surface area contributed by atoms with E-state index in [1.54, 1.807) is 6.92 Å². The number of rotatable bonds is 1. The molecular formula is C9H13ClN4O. The van der Waals surface area contributed by atoms with Crippen molar-refractivity contribution in [1.82, 2.24) is 15.2 Å². The Morgan fingerprint density at radius 3 is 2.73 bits per heavy atom. The van der Waals surface area contributed by atoms with Crippen LogP contribution in [0.25, 0.3) is 0 Å². The molecule has 0 bridgehead atoms. The van der Waals surface area contributed by atoms with Crippen molar-refractivity contribution in [2.45, 2.75) is 25.9 Å². The number of nitrogens with zero attached hydrogens (tertiary/aromatic N) is 4. The van der Waals surface area contributed by atoms with Gasteiger partial charge in [0.1, 0.15) is 0 Å². The Morgan fingerprint density at radius 1 is 1.47 bits per heavy atom. The van der Waals surface area contributed by atoms with Gasteiger partial charge in [0.05, 0.1) is 11.3 Å².